The molecule has 0 aliphatic carbocycles. The molecule has 1 aromatic rings. The molecule has 21 heavy (non-hydrogen) atoms. The topological polar surface area (TPSA) is 59.6 Å². The first kappa shape index (κ1) is 16.1. The van der Waals surface area contributed by atoms with E-state index in [1.807, 2.05) is 0 Å². The number of ether oxygens (including phenoxy) is 2. The predicted molar refractivity (Wildman–Crippen MR) is 83.0 cm³/mol. The van der Waals surface area contributed by atoms with Gasteiger partial charge in [-0.05, 0) is 44.1 Å². The molecule has 1 aromatic carbocycles. The summed E-state index contributed by atoms with van der Waals surface area (Å²) in [6, 6.07) is 5.16. The molecule has 0 aromatic heterocycles. The number of amides is 1. The van der Waals surface area contributed by atoms with Gasteiger partial charge in [-0.1, -0.05) is 11.6 Å². The summed E-state index contributed by atoms with van der Waals surface area (Å²) < 4.78 is 10.5. The third-order valence-electron chi connectivity index (χ3n) is 3.87. The molecular weight excluding hydrogens is 292 g/mol. The van der Waals surface area contributed by atoms with Crippen LogP contribution in [0.5, 0.6) is 5.75 Å². The monoisotopic (exact) mass is 312 g/mol. The van der Waals surface area contributed by atoms with E-state index in [9.17, 15) is 4.79 Å². The summed E-state index contributed by atoms with van der Waals surface area (Å²) in [6.45, 7) is 2.02. The lowest BCUT2D eigenvalue weighted by Gasteiger charge is -2.35. The number of anilines is 1. The van der Waals surface area contributed by atoms with Gasteiger partial charge in [0, 0.05) is 12.1 Å². The van der Waals surface area contributed by atoms with Crippen molar-refractivity contribution in [3.05, 3.63) is 23.2 Å². The Morgan fingerprint density at radius 1 is 1.38 bits per heavy atom. The van der Waals surface area contributed by atoms with E-state index < -0.39 is 5.41 Å². The number of rotatable bonds is 5. The van der Waals surface area contributed by atoms with E-state index >= 15 is 0 Å². The van der Waals surface area contributed by atoms with Crippen LogP contribution in [-0.4, -0.2) is 39.8 Å². The van der Waals surface area contributed by atoms with Gasteiger partial charge in [-0.25, -0.2) is 0 Å². The van der Waals surface area contributed by atoms with Gasteiger partial charge < -0.3 is 20.1 Å². The maximum Gasteiger partial charge on any atom is 0.233 e. The molecule has 5 nitrogen and oxygen atoms in total. The lowest BCUT2D eigenvalue weighted by Crippen LogP contribution is -2.47. The molecule has 1 fully saturated rings. The summed E-state index contributed by atoms with van der Waals surface area (Å²) in [5.74, 6) is 0.542. The van der Waals surface area contributed by atoms with Crippen LogP contribution in [0.4, 0.5) is 5.69 Å². The number of nitrogens with one attached hydrogen (secondary N) is 2. The van der Waals surface area contributed by atoms with Crippen LogP contribution < -0.4 is 15.4 Å². The summed E-state index contributed by atoms with van der Waals surface area (Å²) in [5, 5.41) is 6.76. The Balaban J connectivity index is 2.20. The largest absolute Gasteiger partial charge is 0.495 e. The van der Waals surface area contributed by atoms with E-state index in [4.69, 9.17) is 21.1 Å². The maximum absolute atomic E-state index is 12.7. The molecular formula is C15H21ClN2O3. The van der Waals surface area contributed by atoms with Crippen molar-refractivity contribution in [2.45, 2.75) is 12.8 Å². The predicted octanol–water partition coefficient (Wildman–Crippen LogP) is 2.30. The number of methoxy groups -OCH3 is 2. The van der Waals surface area contributed by atoms with Crippen molar-refractivity contribution in [2.24, 2.45) is 5.41 Å². The van der Waals surface area contributed by atoms with Gasteiger partial charge in [-0.2, -0.15) is 0 Å². The van der Waals surface area contributed by atoms with Gasteiger partial charge in [0.05, 0.1) is 24.8 Å². The van der Waals surface area contributed by atoms with Gasteiger partial charge in [-0.3, -0.25) is 4.79 Å². The highest BCUT2D eigenvalue weighted by Gasteiger charge is 2.39. The fraction of sp³-hybridized carbons (Fsp3) is 0.533. The maximum atomic E-state index is 12.7. The van der Waals surface area contributed by atoms with Gasteiger partial charge in [0.1, 0.15) is 5.75 Å². The minimum absolute atomic E-state index is 0.0496. The molecule has 1 saturated heterocycles. The molecule has 0 bridgehead atoms. The normalized spacial score (nSPS) is 17.3. The minimum Gasteiger partial charge on any atom is -0.495 e. The van der Waals surface area contributed by atoms with E-state index in [-0.39, 0.29) is 5.91 Å². The van der Waals surface area contributed by atoms with Crippen molar-refractivity contribution in [3.63, 3.8) is 0 Å². The zero-order valence-corrected chi connectivity index (χ0v) is 13.1. The first-order valence-electron chi connectivity index (χ1n) is 6.96. The molecule has 2 rings (SSSR count). The Kier molecular flexibility index (Phi) is 5.45. The zero-order chi connectivity index (χ0) is 15.3. The molecule has 0 saturated carbocycles. The van der Waals surface area contributed by atoms with Crippen LogP contribution in [-0.2, 0) is 9.53 Å². The lowest BCUT2D eigenvalue weighted by molar-refractivity contribution is -0.130. The Bertz CT molecular complexity index is 496. The van der Waals surface area contributed by atoms with Crippen molar-refractivity contribution < 1.29 is 14.3 Å². The Hall–Kier alpha value is -1.30. The number of benzene rings is 1. The molecule has 1 heterocycles. The number of piperidine rings is 1. The highest BCUT2D eigenvalue weighted by molar-refractivity contribution is 6.31. The zero-order valence-electron chi connectivity index (χ0n) is 12.4. The molecule has 0 spiro atoms. The van der Waals surface area contributed by atoms with Crippen molar-refractivity contribution in [2.75, 3.05) is 39.2 Å². The van der Waals surface area contributed by atoms with Crippen LogP contribution >= 0.6 is 11.6 Å². The Labute approximate surface area is 130 Å². The van der Waals surface area contributed by atoms with Crippen molar-refractivity contribution in [1.82, 2.24) is 5.32 Å². The quantitative estimate of drug-likeness (QED) is 0.876. The summed E-state index contributed by atoms with van der Waals surface area (Å²) in [6.07, 6.45) is 1.49. The van der Waals surface area contributed by atoms with Crippen LogP contribution in [0.3, 0.4) is 0 Å². The third-order valence-corrected chi connectivity index (χ3v) is 4.11. The molecule has 6 heteroatoms. The van der Waals surface area contributed by atoms with Crippen LogP contribution in [0.15, 0.2) is 18.2 Å². The van der Waals surface area contributed by atoms with E-state index in [1.165, 1.54) is 0 Å². The van der Waals surface area contributed by atoms with Gasteiger partial charge in [0.2, 0.25) is 5.91 Å². The first-order valence-corrected chi connectivity index (χ1v) is 7.34. The number of carbonyl (C=O) groups excluding carboxylic acids is 1. The molecule has 0 radical (unpaired) electrons. The second-order valence-electron chi connectivity index (χ2n) is 5.26. The van der Waals surface area contributed by atoms with Gasteiger partial charge in [0.25, 0.3) is 0 Å². The molecule has 1 amide bonds. The standard InChI is InChI=1S/C15H21ClN2O3/c1-20-10-15(5-7-17-8-6-15)14(19)18-12-9-11(16)3-4-13(12)21-2/h3-4,9,17H,5-8,10H2,1-2H3,(H,18,19). The SMILES string of the molecule is COCC1(C(=O)Nc2cc(Cl)ccc2OC)CCNCC1. The molecule has 2 N–H and O–H groups in total. The molecule has 0 unspecified atom stereocenters. The van der Waals surface area contributed by atoms with Crippen LogP contribution in [0.1, 0.15) is 12.8 Å². The molecule has 1 aliphatic rings. The molecule has 116 valence electrons. The van der Waals surface area contributed by atoms with Crippen molar-refractivity contribution >= 4 is 23.2 Å². The molecule has 1 aliphatic heterocycles. The smallest absolute Gasteiger partial charge is 0.233 e. The van der Waals surface area contributed by atoms with Gasteiger partial charge in [0.15, 0.2) is 0 Å². The van der Waals surface area contributed by atoms with Gasteiger partial charge in [-0.15, -0.1) is 0 Å². The third kappa shape index (κ3) is 3.67. The number of carbonyl (C=O) groups is 1. The fourth-order valence-electron chi connectivity index (χ4n) is 2.65. The average molecular weight is 313 g/mol. The van der Waals surface area contributed by atoms with Crippen LogP contribution in [0.2, 0.25) is 5.02 Å². The van der Waals surface area contributed by atoms with Gasteiger partial charge >= 0.3 is 0 Å². The molecule has 0 atom stereocenters. The number of halogens is 1. The minimum atomic E-state index is -0.507. The second kappa shape index (κ2) is 7.11. The first-order chi connectivity index (χ1) is 10.1. The lowest BCUT2D eigenvalue weighted by atomic mass is 9.78. The Morgan fingerprint density at radius 3 is 2.71 bits per heavy atom. The summed E-state index contributed by atoms with van der Waals surface area (Å²) in [4.78, 5) is 12.7. The van der Waals surface area contributed by atoms with E-state index in [0.29, 0.717) is 23.1 Å². The number of hydrogen-bond donors (Lipinski definition) is 2. The van der Waals surface area contributed by atoms with Crippen LogP contribution in [0, 0.1) is 5.41 Å². The average Bonchev–Trinajstić information content (AvgIpc) is 2.49. The summed E-state index contributed by atoms with van der Waals surface area (Å²) >= 11 is 6.00. The van der Waals surface area contributed by atoms with E-state index in [2.05, 4.69) is 10.6 Å². The van der Waals surface area contributed by atoms with E-state index in [0.717, 1.165) is 25.9 Å². The highest BCUT2D eigenvalue weighted by Crippen LogP contribution is 2.34. The fourth-order valence-corrected chi connectivity index (χ4v) is 2.82. The second-order valence-corrected chi connectivity index (χ2v) is 5.70. The number of hydrogen-bond acceptors (Lipinski definition) is 4. The van der Waals surface area contributed by atoms with E-state index in [1.54, 1.807) is 32.4 Å². The highest BCUT2D eigenvalue weighted by atomic mass is 35.5. The summed E-state index contributed by atoms with van der Waals surface area (Å²) in [5.41, 5.74) is 0.0804. The van der Waals surface area contributed by atoms with Crippen molar-refractivity contribution in [1.29, 1.82) is 0 Å². The Morgan fingerprint density at radius 2 is 2.10 bits per heavy atom. The van der Waals surface area contributed by atoms with Crippen molar-refractivity contribution in [3.8, 4) is 5.75 Å². The summed E-state index contributed by atoms with van der Waals surface area (Å²) in [7, 11) is 3.19. The van der Waals surface area contributed by atoms with Crippen LogP contribution in [0.25, 0.3) is 0 Å².